The molecule has 2 saturated heterocycles. The van der Waals surface area contributed by atoms with Crippen molar-refractivity contribution in [2.75, 3.05) is 45.8 Å². The molecule has 6 heteroatoms. The van der Waals surface area contributed by atoms with Crippen LogP contribution in [0.15, 0.2) is 4.99 Å². The first-order valence-electron chi connectivity index (χ1n) is 11.9. The monoisotopic (exact) mass is 393 g/mol. The van der Waals surface area contributed by atoms with Crippen molar-refractivity contribution in [1.82, 2.24) is 20.4 Å². The summed E-state index contributed by atoms with van der Waals surface area (Å²) in [6.45, 7) is 9.53. The molecule has 1 atom stereocenters. The summed E-state index contributed by atoms with van der Waals surface area (Å²) in [5.41, 5.74) is 0. The molecule has 2 aliphatic heterocycles. The van der Waals surface area contributed by atoms with Gasteiger partial charge in [0.2, 0.25) is 0 Å². The van der Waals surface area contributed by atoms with Crippen molar-refractivity contribution in [2.45, 2.75) is 89.3 Å². The number of hydrogen-bond acceptors (Lipinski definition) is 4. The van der Waals surface area contributed by atoms with E-state index in [4.69, 9.17) is 4.99 Å². The Bertz CT molecular complexity index is 458. The SMILES string of the molecule is CCNC(=NCCCN1CCC(O)CC1)NC1CCCN(C2CCCCC2)C1. The van der Waals surface area contributed by atoms with Crippen LogP contribution >= 0.6 is 0 Å². The quantitative estimate of drug-likeness (QED) is 0.352. The molecule has 3 aliphatic rings. The van der Waals surface area contributed by atoms with Gasteiger partial charge in [-0.1, -0.05) is 19.3 Å². The van der Waals surface area contributed by atoms with Crippen molar-refractivity contribution in [3.8, 4) is 0 Å². The van der Waals surface area contributed by atoms with Crippen LogP contribution in [0.5, 0.6) is 0 Å². The highest BCUT2D eigenvalue weighted by Crippen LogP contribution is 2.25. The summed E-state index contributed by atoms with van der Waals surface area (Å²) in [6, 6.07) is 1.35. The van der Waals surface area contributed by atoms with Crippen LogP contribution in [0.3, 0.4) is 0 Å². The number of nitrogens with one attached hydrogen (secondary N) is 2. The number of hydrogen-bond donors (Lipinski definition) is 3. The zero-order valence-electron chi connectivity index (χ0n) is 18.0. The van der Waals surface area contributed by atoms with Crippen LogP contribution in [0, 0.1) is 0 Å². The number of piperidine rings is 2. The number of likely N-dealkylation sites (tertiary alicyclic amines) is 2. The molecule has 1 saturated carbocycles. The maximum atomic E-state index is 9.62. The van der Waals surface area contributed by atoms with Gasteiger partial charge in [-0.2, -0.15) is 0 Å². The fourth-order valence-electron chi connectivity index (χ4n) is 5.04. The third-order valence-corrected chi connectivity index (χ3v) is 6.69. The zero-order chi connectivity index (χ0) is 19.6. The van der Waals surface area contributed by atoms with Gasteiger partial charge in [0.1, 0.15) is 0 Å². The second-order valence-corrected chi connectivity index (χ2v) is 8.96. The Hall–Kier alpha value is -0.850. The highest BCUT2D eigenvalue weighted by Gasteiger charge is 2.27. The Labute approximate surface area is 172 Å². The number of guanidine groups is 1. The van der Waals surface area contributed by atoms with Crippen LogP contribution in [-0.2, 0) is 0 Å². The minimum atomic E-state index is -0.0810. The zero-order valence-corrected chi connectivity index (χ0v) is 18.0. The minimum Gasteiger partial charge on any atom is -0.393 e. The third-order valence-electron chi connectivity index (χ3n) is 6.69. The summed E-state index contributed by atoms with van der Waals surface area (Å²) >= 11 is 0. The average molecular weight is 394 g/mol. The first-order valence-corrected chi connectivity index (χ1v) is 11.9. The van der Waals surface area contributed by atoms with Gasteiger partial charge in [-0.05, 0) is 65.0 Å². The normalized spacial score (nSPS) is 27.1. The lowest BCUT2D eigenvalue weighted by Gasteiger charge is -2.40. The molecule has 28 heavy (non-hydrogen) atoms. The second-order valence-electron chi connectivity index (χ2n) is 8.96. The van der Waals surface area contributed by atoms with E-state index in [2.05, 4.69) is 27.4 Å². The smallest absolute Gasteiger partial charge is 0.191 e. The summed E-state index contributed by atoms with van der Waals surface area (Å²) in [5, 5.41) is 16.8. The predicted octanol–water partition coefficient (Wildman–Crippen LogP) is 2.19. The van der Waals surface area contributed by atoms with Crippen LogP contribution < -0.4 is 10.6 Å². The highest BCUT2D eigenvalue weighted by atomic mass is 16.3. The number of aliphatic hydroxyl groups is 1. The van der Waals surface area contributed by atoms with E-state index in [1.165, 1.54) is 58.0 Å². The van der Waals surface area contributed by atoms with Crippen LogP contribution in [0.2, 0.25) is 0 Å². The fraction of sp³-hybridized carbons (Fsp3) is 0.955. The van der Waals surface area contributed by atoms with E-state index in [-0.39, 0.29) is 6.10 Å². The fourth-order valence-corrected chi connectivity index (χ4v) is 5.04. The Morgan fingerprint density at radius 3 is 2.54 bits per heavy atom. The molecule has 0 spiro atoms. The number of nitrogens with zero attached hydrogens (tertiary/aromatic N) is 3. The maximum absolute atomic E-state index is 9.62. The molecular weight excluding hydrogens is 350 g/mol. The van der Waals surface area contributed by atoms with Gasteiger partial charge in [0.25, 0.3) is 0 Å². The molecule has 0 radical (unpaired) electrons. The largest absolute Gasteiger partial charge is 0.393 e. The standard InChI is InChI=1S/C22H43N5O/c1-2-23-22(24-13-7-14-26-16-11-21(28)12-17-26)25-19-8-6-15-27(18-19)20-9-4-3-5-10-20/h19-21,28H,2-18H2,1H3,(H2,23,24,25). The Morgan fingerprint density at radius 2 is 1.79 bits per heavy atom. The molecule has 3 fully saturated rings. The van der Waals surface area contributed by atoms with Crippen molar-refractivity contribution in [2.24, 2.45) is 4.99 Å². The predicted molar refractivity (Wildman–Crippen MR) is 117 cm³/mol. The lowest BCUT2D eigenvalue weighted by molar-refractivity contribution is 0.0824. The second kappa shape index (κ2) is 12.0. The van der Waals surface area contributed by atoms with E-state index in [9.17, 15) is 5.11 Å². The lowest BCUT2D eigenvalue weighted by Crippen LogP contribution is -2.53. The van der Waals surface area contributed by atoms with Crippen molar-refractivity contribution >= 4 is 5.96 Å². The summed E-state index contributed by atoms with van der Waals surface area (Å²) in [4.78, 5) is 10.1. The van der Waals surface area contributed by atoms with E-state index < -0.39 is 0 Å². The van der Waals surface area contributed by atoms with E-state index in [1.54, 1.807) is 0 Å². The topological polar surface area (TPSA) is 63.1 Å². The Morgan fingerprint density at radius 1 is 1.00 bits per heavy atom. The van der Waals surface area contributed by atoms with Crippen LogP contribution in [-0.4, -0.2) is 84.9 Å². The van der Waals surface area contributed by atoms with Crippen molar-refractivity contribution in [3.05, 3.63) is 0 Å². The first kappa shape index (κ1) is 21.8. The van der Waals surface area contributed by atoms with E-state index in [0.29, 0.717) is 6.04 Å². The first-order chi connectivity index (χ1) is 13.7. The molecule has 1 unspecified atom stereocenters. The van der Waals surface area contributed by atoms with Gasteiger partial charge in [-0.3, -0.25) is 9.89 Å². The summed E-state index contributed by atoms with van der Waals surface area (Å²) in [6.07, 6.45) is 12.5. The van der Waals surface area contributed by atoms with Crippen LogP contribution in [0.25, 0.3) is 0 Å². The van der Waals surface area contributed by atoms with Gasteiger partial charge in [0.05, 0.1) is 6.10 Å². The minimum absolute atomic E-state index is 0.0810. The van der Waals surface area contributed by atoms with Crippen LogP contribution in [0.4, 0.5) is 0 Å². The number of aliphatic hydroxyl groups excluding tert-OH is 1. The molecule has 0 aromatic rings. The van der Waals surface area contributed by atoms with Gasteiger partial charge >= 0.3 is 0 Å². The lowest BCUT2D eigenvalue weighted by atomic mass is 9.92. The third kappa shape index (κ3) is 7.20. The van der Waals surface area contributed by atoms with Crippen molar-refractivity contribution < 1.29 is 5.11 Å². The molecule has 0 aromatic carbocycles. The Balaban J connectivity index is 1.40. The average Bonchev–Trinajstić information content (AvgIpc) is 2.73. The van der Waals surface area contributed by atoms with Gasteiger partial charge in [0, 0.05) is 44.8 Å². The van der Waals surface area contributed by atoms with E-state index in [0.717, 1.165) is 64.0 Å². The molecular formula is C22H43N5O. The summed E-state index contributed by atoms with van der Waals surface area (Å²) in [7, 11) is 0. The molecule has 0 bridgehead atoms. The van der Waals surface area contributed by atoms with Crippen LogP contribution in [0.1, 0.15) is 71.1 Å². The maximum Gasteiger partial charge on any atom is 0.191 e. The molecule has 3 rings (SSSR count). The molecule has 3 N–H and O–H groups in total. The van der Waals surface area contributed by atoms with Gasteiger partial charge in [0.15, 0.2) is 5.96 Å². The number of rotatable bonds is 7. The number of aliphatic imine (C=N–C) groups is 1. The van der Waals surface area contributed by atoms with Gasteiger partial charge in [-0.25, -0.2) is 0 Å². The molecule has 0 aromatic heterocycles. The molecule has 0 amide bonds. The van der Waals surface area contributed by atoms with E-state index in [1.807, 2.05) is 0 Å². The molecule has 6 nitrogen and oxygen atoms in total. The summed E-state index contributed by atoms with van der Waals surface area (Å²) < 4.78 is 0. The molecule has 1 aliphatic carbocycles. The van der Waals surface area contributed by atoms with Crippen molar-refractivity contribution in [1.29, 1.82) is 0 Å². The summed E-state index contributed by atoms with van der Waals surface area (Å²) in [5.74, 6) is 0.993. The molecule has 162 valence electrons. The Kier molecular flexibility index (Phi) is 9.35. The highest BCUT2D eigenvalue weighted by molar-refractivity contribution is 5.80. The van der Waals surface area contributed by atoms with Gasteiger partial charge in [-0.15, -0.1) is 0 Å². The molecule has 2 heterocycles. The van der Waals surface area contributed by atoms with E-state index >= 15 is 0 Å². The van der Waals surface area contributed by atoms with Crippen molar-refractivity contribution in [3.63, 3.8) is 0 Å². The van der Waals surface area contributed by atoms with Gasteiger partial charge < -0.3 is 20.6 Å².